The van der Waals surface area contributed by atoms with E-state index in [0.717, 1.165) is 22.9 Å². The molecule has 0 unspecified atom stereocenters. The lowest BCUT2D eigenvalue weighted by Gasteiger charge is -2.27. The first-order valence-electron chi connectivity index (χ1n) is 9.30. The van der Waals surface area contributed by atoms with Gasteiger partial charge in [-0.05, 0) is 55.3 Å². The molecule has 3 rings (SSSR count). The van der Waals surface area contributed by atoms with Crippen LogP contribution in [0.4, 0.5) is 18.0 Å². The Kier molecular flexibility index (Phi) is 6.43. The topological polar surface area (TPSA) is 64.6 Å². The Labute approximate surface area is 177 Å². The molecule has 162 valence electrons. The molecule has 6 nitrogen and oxygen atoms in total. The second-order valence-corrected chi connectivity index (χ2v) is 6.83. The summed E-state index contributed by atoms with van der Waals surface area (Å²) >= 11 is 0. The number of halogens is 3. The van der Waals surface area contributed by atoms with Crippen molar-refractivity contribution < 1.29 is 27.4 Å². The lowest BCUT2D eigenvalue weighted by molar-refractivity contribution is -0.303. The van der Waals surface area contributed by atoms with Gasteiger partial charge in [-0.3, -0.25) is 4.90 Å². The zero-order valence-electron chi connectivity index (χ0n) is 16.9. The summed E-state index contributed by atoms with van der Waals surface area (Å²) in [5.41, 5.74) is 3.01. The smallest absolute Gasteiger partial charge is 0.410 e. The zero-order chi connectivity index (χ0) is 22.6. The van der Waals surface area contributed by atoms with Crippen LogP contribution in [0.3, 0.4) is 0 Å². The third-order valence-corrected chi connectivity index (χ3v) is 4.44. The van der Waals surface area contributed by atoms with E-state index in [1.165, 1.54) is 17.1 Å². The monoisotopic (exact) mass is 431 g/mol. The lowest BCUT2D eigenvalue weighted by Crippen LogP contribution is -2.37. The van der Waals surface area contributed by atoms with E-state index in [4.69, 9.17) is 4.74 Å². The van der Waals surface area contributed by atoms with Crippen LogP contribution >= 0.6 is 0 Å². The number of amides is 1. The molecule has 1 aromatic carbocycles. The molecular formula is C22H20F3N3O3. The largest absolute Gasteiger partial charge is 0.573 e. The highest BCUT2D eigenvalue weighted by Gasteiger charge is 2.31. The van der Waals surface area contributed by atoms with Gasteiger partial charge in [-0.2, -0.15) is 0 Å². The molecule has 2 aromatic rings. The van der Waals surface area contributed by atoms with E-state index in [9.17, 15) is 18.0 Å². The molecule has 9 heteroatoms. The SMILES string of the molecule is C=C/C(=C\C=C(/C)c1ccc2c(c1)CN(Cc1nccc(C)n1)C(=O)O2)OC(F)(F)F. The molecule has 0 atom stereocenters. The predicted molar refractivity (Wildman–Crippen MR) is 108 cm³/mol. The number of nitrogens with zero attached hydrogens (tertiary/aromatic N) is 3. The highest BCUT2D eigenvalue weighted by molar-refractivity contribution is 5.75. The summed E-state index contributed by atoms with van der Waals surface area (Å²) < 4.78 is 46.4. The molecule has 0 fully saturated rings. The minimum absolute atomic E-state index is 0.194. The van der Waals surface area contributed by atoms with Crippen LogP contribution in [0.15, 0.2) is 61.0 Å². The first-order valence-corrected chi connectivity index (χ1v) is 9.30. The van der Waals surface area contributed by atoms with Crippen LogP contribution in [0.1, 0.15) is 29.6 Å². The molecule has 0 saturated carbocycles. The van der Waals surface area contributed by atoms with Crippen LogP contribution in [-0.4, -0.2) is 27.3 Å². The van der Waals surface area contributed by atoms with Crippen LogP contribution in [-0.2, 0) is 17.8 Å². The molecule has 0 saturated heterocycles. The van der Waals surface area contributed by atoms with Gasteiger partial charge in [0.25, 0.3) is 0 Å². The number of alkyl halides is 3. The lowest BCUT2D eigenvalue weighted by atomic mass is 10.0. The summed E-state index contributed by atoms with van der Waals surface area (Å²) in [4.78, 5) is 22.3. The van der Waals surface area contributed by atoms with Crippen molar-refractivity contribution in [3.63, 3.8) is 0 Å². The van der Waals surface area contributed by atoms with Crippen molar-refractivity contribution in [1.29, 1.82) is 0 Å². The summed E-state index contributed by atoms with van der Waals surface area (Å²) in [5, 5.41) is 0. The zero-order valence-corrected chi connectivity index (χ0v) is 16.9. The summed E-state index contributed by atoms with van der Waals surface area (Å²) in [5.74, 6) is 0.521. The minimum Gasteiger partial charge on any atom is -0.410 e. The van der Waals surface area contributed by atoms with Gasteiger partial charge in [0.05, 0.1) is 13.1 Å². The van der Waals surface area contributed by atoms with Crippen molar-refractivity contribution in [3.8, 4) is 5.75 Å². The molecule has 31 heavy (non-hydrogen) atoms. The molecular weight excluding hydrogens is 411 g/mol. The van der Waals surface area contributed by atoms with Gasteiger partial charge in [-0.25, -0.2) is 14.8 Å². The Morgan fingerprint density at radius 2 is 2.10 bits per heavy atom. The summed E-state index contributed by atoms with van der Waals surface area (Å²) in [6, 6.07) is 6.97. The second-order valence-electron chi connectivity index (χ2n) is 6.83. The van der Waals surface area contributed by atoms with Crippen molar-refractivity contribution in [2.75, 3.05) is 0 Å². The van der Waals surface area contributed by atoms with Gasteiger partial charge in [-0.1, -0.05) is 18.7 Å². The molecule has 0 radical (unpaired) electrons. The Hall–Kier alpha value is -3.62. The van der Waals surface area contributed by atoms with Crippen molar-refractivity contribution >= 4 is 11.7 Å². The number of carbonyl (C=O) groups excluding carboxylic acids is 1. The average molecular weight is 431 g/mol. The number of allylic oxidation sites excluding steroid dienone is 4. The third kappa shape index (κ3) is 5.94. The minimum atomic E-state index is -4.79. The van der Waals surface area contributed by atoms with Gasteiger partial charge in [-0.15, -0.1) is 13.2 Å². The number of fused-ring (bicyclic) bond motifs is 1. The molecule has 1 aliphatic rings. The molecule has 2 heterocycles. The number of aryl methyl sites for hydroxylation is 1. The Bertz CT molecular complexity index is 1060. The van der Waals surface area contributed by atoms with Crippen LogP contribution in [0.25, 0.3) is 5.57 Å². The van der Waals surface area contributed by atoms with Crippen LogP contribution in [0, 0.1) is 6.92 Å². The first kappa shape index (κ1) is 22.1. The summed E-state index contributed by atoms with van der Waals surface area (Å²) in [6.07, 6.45) is 0.00618. The summed E-state index contributed by atoms with van der Waals surface area (Å²) in [7, 11) is 0. The van der Waals surface area contributed by atoms with E-state index in [1.807, 2.05) is 13.0 Å². The maximum absolute atomic E-state index is 12.4. The van der Waals surface area contributed by atoms with Gasteiger partial charge in [0.15, 0.2) is 0 Å². The van der Waals surface area contributed by atoms with Crippen molar-refractivity contribution in [3.05, 3.63) is 83.7 Å². The van der Waals surface area contributed by atoms with Gasteiger partial charge in [0.1, 0.15) is 17.3 Å². The molecule has 0 bridgehead atoms. The van der Waals surface area contributed by atoms with Crippen molar-refractivity contribution in [1.82, 2.24) is 14.9 Å². The van der Waals surface area contributed by atoms with Crippen LogP contribution in [0.2, 0.25) is 0 Å². The van der Waals surface area contributed by atoms with Gasteiger partial charge in [0.2, 0.25) is 0 Å². The van der Waals surface area contributed by atoms with Crippen LogP contribution < -0.4 is 4.74 Å². The number of benzene rings is 1. The van der Waals surface area contributed by atoms with E-state index in [1.54, 1.807) is 31.3 Å². The highest BCUT2D eigenvalue weighted by Crippen LogP contribution is 2.30. The maximum Gasteiger partial charge on any atom is 0.573 e. The fraction of sp³-hybridized carbons (Fsp3) is 0.227. The number of hydrogen-bond donors (Lipinski definition) is 0. The van der Waals surface area contributed by atoms with E-state index in [2.05, 4.69) is 21.3 Å². The molecule has 1 aromatic heterocycles. The van der Waals surface area contributed by atoms with Gasteiger partial charge >= 0.3 is 12.5 Å². The van der Waals surface area contributed by atoms with Gasteiger partial charge < -0.3 is 9.47 Å². The number of ether oxygens (including phenoxy) is 2. The first-order chi connectivity index (χ1) is 14.6. The van der Waals surface area contributed by atoms with Gasteiger partial charge in [0, 0.05) is 17.5 Å². The average Bonchev–Trinajstić information content (AvgIpc) is 2.70. The van der Waals surface area contributed by atoms with Crippen molar-refractivity contribution in [2.45, 2.75) is 33.3 Å². The normalized spacial score (nSPS) is 14.7. The molecule has 1 aliphatic heterocycles. The number of rotatable bonds is 6. The number of carbonyl (C=O) groups is 1. The molecule has 0 aliphatic carbocycles. The maximum atomic E-state index is 12.4. The fourth-order valence-electron chi connectivity index (χ4n) is 2.93. The van der Waals surface area contributed by atoms with E-state index >= 15 is 0 Å². The number of aromatic nitrogens is 2. The Morgan fingerprint density at radius 3 is 2.77 bits per heavy atom. The third-order valence-electron chi connectivity index (χ3n) is 4.44. The standard InChI is InChI=1S/C22H20F3N3O3/c1-4-18(31-22(23,24)25)7-5-14(2)16-6-8-19-17(11-16)12-28(21(29)30-19)13-20-26-10-9-15(3)27-20/h4-11H,1,12-13H2,2-3H3/b14-5+,18-7+. The Morgan fingerprint density at radius 1 is 1.32 bits per heavy atom. The van der Waals surface area contributed by atoms with E-state index in [0.29, 0.717) is 17.1 Å². The fourth-order valence-corrected chi connectivity index (χ4v) is 2.93. The van der Waals surface area contributed by atoms with Crippen molar-refractivity contribution in [2.24, 2.45) is 0 Å². The predicted octanol–water partition coefficient (Wildman–Crippen LogP) is 5.31. The molecule has 0 N–H and O–H groups in total. The summed E-state index contributed by atoms with van der Waals surface area (Å²) in [6.45, 7) is 7.39. The Balaban J connectivity index is 1.79. The molecule has 0 spiro atoms. The quantitative estimate of drug-likeness (QED) is 0.458. The van der Waals surface area contributed by atoms with E-state index in [-0.39, 0.29) is 13.1 Å². The second kappa shape index (κ2) is 9.03. The number of hydrogen-bond acceptors (Lipinski definition) is 5. The van der Waals surface area contributed by atoms with E-state index < -0.39 is 18.2 Å². The molecule has 1 amide bonds. The highest BCUT2D eigenvalue weighted by atomic mass is 19.4. The van der Waals surface area contributed by atoms with Crippen LogP contribution in [0.5, 0.6) is 5.75 Å².